The zero-order valence-corrected chi connectivity index (χ0v) is 7.55. The maximum Gasteiger partial charge on any atom is 0.164 e. The molecule has 1 aromatic heterocycles. The number of methoxy groups -OCH3 is 1. The molecule has 0 aliphatic heterocycles. The van der Waals surface area contributed by atoms with Crippen LogP contribution in [0.15, 0.2) is 6.33 Å². The monoisotopic (exact) mass is 186 g/mol. The van der Waals surface area contributed by atoms with E-state index in [1.807, 2.05) is 0 Å². The van der Waals surface area contributed by atoms with Crippen molar-refractivity contribution in [1.29, 1.82) is 0 Å². The van der Waals surface area contributed by atoms with Crippen LogP contribution in [0.3, 0.4) is 0 Å². The average molecular weight is 186 g/mol. The summed E-state index contributed by atoms with van der Waals surface area (Å²) in [5, 5.41) is 13.4. The van der Waals surface area contributed by atoms with Crippen molar-refractivity contribution in [2.24, 2.45) is 5.73 Å². The zero-order chi connectivity index (χ0) is 9.68. The number of aliphatic hydroxyl groups is 1. The van der Waals surface area contributed by atoms with Gasteiger partial charge in [-0.05, 0) is 0 Å². The van der Waals surface area contributed by atoms with Gasteiger partial charge in [0.25, 0.3) is 0 Å². The van der Waals surface area contributed by atoms with Crippen molar-refractivity contribution in [2.75, 3.05) is 13.7 Å². The van der Waals surface area contributed by atoms with Gasteiger partial charge < -0.3 is 15.6 Å². The van der Waals surface area contributed by atoms with Gasteiger partial charge in [0.2, 0.25) is 0 Å². The summed E-state index contributed by atoms with van der Waals surface area (Å²) < 4.78 is 6.32. The molecule has 0 aromatic carbocycles. The molecule has 0 saturated carbocycles. The molecule has 0 saturated heterocycles. The van der Waals surface area contributed by atoms with E-state index < -0.39 is 6.10 Å². The van der Waals surface area contributed by atoms with Crippen molar-refractivity contribution in [1.82, 2.24) is 14.8 Å². The highest BCUT2D eigenvalue weighted by Gasteiger charge is 2.05. The second-order valence-electron chi connectivity index (χ2n) is 2.70. The lowest BCUT2D eigenvalue weighted by atomic mass is 10.4. The van der Waals surface area contributed by atoms with Crippen molar-refractivity contribution in [3.8, 4) is 0 Å². The van der Waals surface area contributed by atoms with Gasteiger partial charge in [-0.15, -0.1) is 0 Å². The van der Waals surface area contributed by atoms with E-state index in [0.717, 1.165) is 0 Å². The lowest BCUT2D eigenvalue weighted by Crippen LogP contribution is -2.21. The van der Waals surface area contributed by atoms with Gasteiger partial charge in [-0.3, -0.25) is 0 Å². The van der Waals surface area contributed by atoms with Crippen LogP contribution in [-0.2, 0) is 17.8 Å². The lowest BCUT2D eigenvalue weighted by molar-refractivity contribution is 0.0513. The summed E-state index contributed by atoms with van der Waals surface area (Å²) in [4.78, 5) is 3.92. The first-order chi connectivity index (χ1) is 6.26. The van der Waals surface area contributed by atoms with Gasteiger partial charge in [-0.2, -0.15) is 5.10 Å². The quantitative estimate of drug-likeness (QED) is 0.599. The Hall–Kier alpha value is -0.980. The summed E-state index contributed by atoms with van der Waals surface area (Å²) in [6, 6.07) is 0. The van der Waals surface area contributed by atoms with Crippen LogP contribution in [-0.4, -0.2) is 39.7 Å². The molecule has 1 atom stereocenters. The summed E-state index contributed by atoms with van der Waals surface area (Å²) >= 11 is 0. The fraction of sp³-hybridized carbons (Fsp3) is 0.714. The van der Waals surface area contributed by atoms with Crippen LogP contribution in [0.4, 0.5) is 0 Å². The van der Waals surface area contributed by atoms with Gasteiger partial charge in [0, 0.05) is 7.11 Å². The van der Waals surface area contributed by atoms with Gasteiger partial charge in [-0.25, -0.2) is 9.67 Å². The van der Waals surface area contributed by atoms with Crippen LogP contribution in [0.5, 0.6) is 0 Å². The Balaban J connectivity index is 2.44. The van der Waals surface area contributed by atoms with E-state index in [4.69, 9.17) is 10.5 Å². The standard InChI is InChI=1S/C7H14N4O2/c1-13-4-6(12)3-11-5-9-7(2-8)10-11/h5-6,12H,2-4,8H2,1H3. The highest BCUT2D eigenvalue weighted by molar-refractivity contribution is 4.79. The normalized spacial score (nSPS) is 13.2. The number of aromatic nitrogens is 3. The lowest BCUT2D eigenvalue weighted by Gasteiger charge is -2.07. The SMILES string of the molecule is COCC(O)Cn1cnc(CN)n1. The molecule has 1 unspecified atom stereocenters. The summed E-state index contributed by atoms with van der Waals surface area (Å²) in [6.45, 7) is 0.978. The van der Waals surface area contributed by atoms with Crippen LogP contribution in [0.25, 0.3) is 0 Å². The number of nitrogens with two attached hydrogens (primary N) is 1. The minimum atomic E-state index is -0.558. The highest BCUT2D eigenvalue weighted by atomic mass is 16.5. The van der Waals surface area contributed by atoms with Crippen LogP contribution >= 0.6 is 0 Å². The first kappa shape index (κ1) is 10.1. The molecule has 0 fully saturated rings. The van der Waals surface area contributed by atoms with Gasteiger partial charge in [0.15, 0.2) is 5.82 Å². The largest absolute Gasteiger partial charge is 0.389 e. The Bertz CT molecular complexity index is 250. The minimum absolute atomic E-state index is 0.290. The molecule has 13 heavy (non-hydrogen) atoms. The Kier molecular flexibility index (Phi) is 3.81. The average Bonchev–Trinajstić information content (AvgIpc) is 2.52. The van der Waals surface area contributed by atoms with E-state index in [-0.39, 0.29) is 6.61 Å². The summed E-state index contributed by atoms with van der Waals surface area (Å²) in [5.74, 6) is 0.574. The predicted octanol–water partition coefficient (Wildman–Crippen LogP) is -1.26. The van der Waals surface area contributed by atoms with E-state index in [2.05, 4.69) is 10.1 Å². The molecule has 1 heterocycles. The molecular formula is C7H14N4O2. The topological polar surface area (TPSA) is 86.2 Å². The fourth-order valence-electron chi connectivity index (χ4n) is 0.976. The molecule has 6 heteroatoms. The number of hydrogen-bond donors (Lipinski definition) is 2. The van der Waals surface area contributed by atoms with E-state index in [1.165, 1.54) is 7.11 Å². The number of aliphatic hydroxyl groups excluding tert-OH is 1. The molecule has 1 rings (SSSR count). The maximum absolute atomic E-state index is 9.34. The van der Waals surface area contributed by atoms with Crippen molar-refractivity contribution < 1.29 is 9.84 Å². The van der Waals surface area contributed by atoms with E-state index in [9.17, 15) is 5.11 Å². The number of hydrogen-bond acceptors (Lipinski definition) is 5. The van der Waals surface area contributed by atoms with Crippen molar-refractivity contribution in [3.05, 3.63) is 12.2 Å². The Morgan fingerprint density at radius 3 is 3.08 bits per heavy atom. The molecule has 3 N–H and O–H groups in total. The van der Waals surface area contributed by atoms with Gasteiger partial charge in [0.1, 0.15) is 6.33 Å². The van der Waals surface area contributed by atoms with Crippen molar-refractivity contribution >= 4 is 0 Å². The molecule has 0 amide bonds. The Morgan fingerprint density at radius 2 is 2.54 bits per heavy atom. The zero-order valence-electron chi connectivity index (χ0n) is 7.55. The van der Waals surface area contributed by atoms with E-state index in [0.29, 0.717) is 18.9 Å². The summed E-state index contributed by atoms with van der Waals surface area (Å²) in [6.07, 6.45) is 0.985. The van der Waals surface area contributed by atoms with Crippen LogP contribution < -0.4 is 5.73 Å². The molecular weight excluding hydrogens is 172 g/mol. The minimum Gasteiger partial charge on any atom is -0.389 e. The first-order valence-electron chi connectivity index (χ1n) is 4.01. The van der Waals surface area contributed by atoms with Crippen molar-refractivity contribution in [2.45, 2.75) is 19.2 Å². The second kappa shape index (κ2) is 4.90. The predicted molar refractivity (Wildman–Crippen MR) is 45.8 cm³/mol. The first-order valence-corrected chi connectivity index (χ1v) is 4.01. The van der Waals surface area contributed by atoms with E-state index in [1.54, 1.807) is 11.0 Å². The molecule has 0 spiro atoms. The molecule has 0 aliphatic rings. The summed E-state index contributed by atoms with van der Waals surface area (Å²) in [7, 11) is 1.54. The van der Waals surface area contributed by atoms with Crippen LogP contribution in [0.2, 0.25) is 0 Å². The smallest absolute Gasteiger partial charge is 0.164 e. The van der Waals surface area contributed by atoms with Gasteiger partial charge in [0.05, 0.1) is 25.8 Å². The highest BCUT2D eigenvalue weighted by Crippen LogP contribution is 1.92. The number of ether oxygens (including phenoxy) is 1. The van der Waals surface area contributed by atoms with Gasteiger partial charge in [-0.1, -0.05) is 0 Å². The fourth-order valence-corrected chi connectivity index (χ4v) is 0.976. The third kappa shape index (κ3) is 3.10. The van der Waals surface area contributed by atoms with Crippen molar-refractivity contribution in [3.63, 3.8) is 0 Å². The molecule has 0 aliphatic carbocycles. The summed E-state index contributed by atoms with van der Waals surface area (Å²) in [5.41, 5.74) is 5.33. The molecule has 1 aromatic rings. The molecule has 6 nitrogen and oxygen atoms in total. The Morgan fingerprint density at radius 1 is 1.77 bits per heavy atom. The van der Waals surface area contributed by atoms with Crippen LogP contribution in [0.1, 0.15) is 5.82 Å². The van der Waals surface area contributed by atoms with Gasteiger partial charge >= 0.3 is 0 Å². The third-order valence-electron chi connectivity index (χ3n) is 1.52. The maximum atomic E-state index is 9.34. The second-order valence-corrected chi connectivity index (χ2v) is 2.70. The van der Waals surface area contributed by atoms with E-state index >= 15 is 0 Å². The molecule has 0 radical (unpaired) electrons. The van der Waals surface area contributed by atoms with Crippen LogP contribution in [0, 0.1) is 0 Å². The third-order valence-corrected chi connectivity index (χ3v) is 1.52. The molecule has 0 bridgehead atoms. The molecule has 74 valence electrons. The number of nitrogens with zero attached hydrogens (tertiary/aromatic N) is 3. The Labute approximate surface area is 76.3 Å². The number of rotatable bonds is 5.